The molecular weight excluding hydrogens is 370 g/mol. The molecule has 20 heavy (non-hydrogen) atoms. The summed E-state index contributed by atoms with van der Waals surface area (Å²) in [6.07, 6.45) is 1.17. The van der Waals surface area contributed by atoms with Gasteiger partial charge in [-0.3, -0.25) is 4.72 Å². The lowest BCUT2D eigenvalue weighted by molar-refractivity contribution is 0.411. The minimum absolute atomic E-state index is 0.0694. The van der Waals surface area contributed by atoms with Gasteiger partial charge in [0.25, 0.3) is 10.0 Å². The van der Waals surface area contributed by atoms with E-state index in [4.69, 9.17) is 16.3 Å². The molecular formula is C11H9BrClN3O3S. The van der Waals surface area contributed by atoms with Crippen molar-refractivity contribution in [2.24, 2.45) is 0 Å². The fourth-order valence-electron chi connectivity index (χ4n) is 1.40. The highest BCUT2D eigenvalue weighted by Crippen LogP contribution is 2.28. The maximum absolute atomic E-state index is 12.2. The molecule has 2 rings (SSSR count). The Balaban J connectivity index is 2.33. The number of nitrogens with one attached hydrogen (secondary N) is 1. The first-order valence-electron chi connectivity index (χ1n) is 5.26. The second-order valence-corrected chi connectivity index (χ2v) is 6.55. The number of benzene rings is 1. The topological polar surface area (TPSA) is 81.2 Å². The number of rotatable bonds is 4. The van der Waals surface area contributed by atoms with E-state index in [9.17, 15) is 8.42 Å². The van der Waals surface area contributed by atoms with Gasteiger partial charge in [0.2, 0.25) is 0 Å². The predicted molar refractivity (Wildman–Crippen MR) is 78.5 cm³/mol. The van der Waals surface area contributed by atoms with Crippen molar-refractivity contribution >= 4 is 43.4 Å². The molecule has 106 valence electrons. The maximum atomic E-state index is 12.2. The Morgan fingerprint density at radius 2 is 2.05 bits per heavy atom. The molecule has 0 saturated heterocycles. The zero-order valence-corrected chi connectivity index (χ0v) is 13.3. The van der Waals surface area contributed by atoms with Gasteiger partial charge in [0, 0.05) is 6.07 Å². The number of hydrogen-bond acceptors (Lipinski definition) is 5. The molecule has 1 heterocycles. The summed E-state index contributed by atoms with van der Waals surface area (Å²) in [5.74, 6) is 0.631. The number of aromatic nitrogens is 2. The Morgan fingerprint density at radius 3 is 2.65 bits per heavy atom. The van der Waals surface area contributed by atoms with Crippen LogP contribution in [0, 0.1) is 0 Å². The van der Waals surface area contributed by atoms with Crippen molar-refractivity contribution < 1.29 is 13.2 Å². The highest BCUT2D eigenvalue weighted by molar-refractivity contribution is 9.10. The van der Waals surface area contributed by atoms with Crippen molar-refractivity contribution in [1.82, 2.24) is 9.97 Å². The average molecular weight is 379 g/mol. The second-order valence-electron chi connectivity index (χ2n) is 3.63. The van der Waals surface area contributed by atoms with Gasteiger partial charge in [-0.1, -0.05) is 11.6 Å². The molecule has 0 aliphatic heterocycles. The van der Waals surface area contributed by atoms with E-state index in [0.717, 1.165) is 0 Å². The Bertz CT molecular complexity index is 739. The number of sulfonamides is 1. The van der Waals surface area contributed by atoms with E-state index in [-0.39, 0.29) is 15.9 Å². The third-order valence-electron chi connectivity index (χ3n) is 2.31. The summed E-state index contributed by atoms with van der Waals surface area (Å²) in [5.41, 5.74) is 0. The monoisotopic (exact) mass is 377 g/mol. The van der Waals surface area contributed by atoms with Crippen LogP contribution in [0.2, 0.25) is 5.15 Å². The molecule has 0 atom stereocenters. The molecule has 6 nitrogen and oxygen atoms in total. The second kappa shape index (κ2) is 5.94. The molecule has 0 bridgehead atoms. The van der Waals surface area contributed by atoms with Crippen LogP contribution in [0.5, 0.6) is 5.75 Å². The van der Waals surface area contributed by atoms with Crippen LogP contribution in [0.15, 0.2) is 40.0 Å². The number of hydrogen-bond donors (Lipinski definition) is 1. The van der Waals surface area contributed by atoms with Crippen molar-refractivity contribution in [1.29, 1.82) is 0 Å². The SMILES string of the molecule is COc1ccc(S(=O)(=O)Nc2cc(Cl)ncn2)cc1Br. The zero-order valence-electron chi connectivity index (χ0n) is 10.2. The number of nitrogens with zero attached hydrogens (tertiary/aromatic N) is 2. The summed E-state index contributed by atoms with van der Waals surface area (Å²) in [4.78, 5) is 7.53. The molecule has 2 aromatic rings. The van der Waals surface area contributed by atoms with E-state index in [1.54, 1.807) is 6.07 Å². The lowest BCUT2D eigenvalue weighted by Gasteiger charge is -2.09. The zero-order chi connectivity index (χ0) is 14.8. The van der Waals surface area contributed by atoms with E-state index in [0.29, 0.717) is 10.2 Å². The van der Waals surface area contributed by atoms with Gasteiger partial charge in [0.1, 0.15) is 23.0 Å². The lowest BCUT2D eigenvalue weighted by atomic mass is 10.3. The molecule has 0 radical (unpaired) electrons. The van der Waals surface area contributed by atoms with E-state index in [1.165, 1.54) is 31.6 Å². The quantitative estimate of drug-likeness (QED) is 0.827. The van der Waals surface area contributed by atoms with Crippen LogP contribution < -0.4 is 9.46 Å². The van der Waals surface area contributed by atoms with E-state index in [2.05, 4.69) is 30.6 Å². The standard InChI is InChI=1S/C11H9BrClN3O3S/c1-19-9-3-2-7(4-8(9)12)20(17,18)16-11-5-10(13)14-6-15-11/h2-6H,1H3,(H,14,15,16). The third-order valence-corrected chi connectivity index (χ3v) is 4.49. The molecule has 0 fully saturated rings. The van der Waals surface area contributed by atoms with Crippen LogP contribution in [0.25, 0.3) is 0 Å². The summed E-state index contributed by atoms with van der Waals surface area (Å²) >= 11 is 8.91. The highest BCUT2D eigenvalue weighted by Gasteiger charge is 2.16. The van der Waals surface area contributed by atoms with Crippen LogP contribution in [0.3, 0.4) is 0 Å². The number of methoxy groups -OCH3 is 1. The van der Waals surface area contributed by atoms with Gasteiger partial charge in [-0.15, -0.1) is 0 Å². The van der Waals surface area contributed by atoms with Gasteiger partial charge in [-0.05, 0) is 34.1 Å². The fourth-order valence-corrected chi connectivity index (χ4v) is 3.26. The molecule has 1 aromatic heterocycles. The Hall–Kier alpha value is -1.38. The van der Waals surface area contributed by atoms with Crippen molar-refractivity contribution in [2.45, 2.75) is 4.90 Å². The van der Waals surface area contributed by atoms with Crippen LogP contribution in [-0.4, -0.2) is 25.5 Å². The van der Waals surface area contributed by atoms with Crippen molar-refractivity contribution in [3.8, 4) is 5.75 Å². The Kier molecular flexibility index (Phi) is 4.46. The molecule has 0 spiro atoms. The first-order valence-corrected chi connectivity index (χ1v) is 7.92. The minimum Gasteiger partial charge on any atom is -0.496 e. The van der Waals surface area contributed by atoms with Crippen LogP contribution >= 0.6 is 27.5 Å². The molecule has 0 saturated carbocycles. The summed E-state index contributed by atoms with van der Waals surface area (Å²) < 4.78 is 32.3. The largest absolute Gasteiger partial charge is 0.496 e. The van der Waals surface area contributed by atoms with E-state index < -0.39 is 10.0 Å². The van der Waals surface area contributed by atoms with Gasteiger partial charge in [0.15, 0.2) is 0 Å². The molecule has 0 amide bonds. The molecule has 9 heteroatoms. The summed E-state index contributed by atoms with van der Waals surface area (Å²) in [6, 6.07) is 5.72. The lowest BCUT2D eigenvalue weighted by Crippen LogP contribution is -2.14. The number of ether oxygens (including phenoxy) is 1. The fraction of sp³-hybridized carbons (Fsp3) is 0.0909. The predicted octanol–water partition coefficient (Wildman–Crippen LogP) is 2.70. The first kappa shape index (κ1) is 15.0. The highest BCUT2D eigenvalue weighted by atomic mass is 79.9. The van der Waals surface area contributed by atoms with Crippen molar-refractivity contribution in [3.05, 3.63) is 40.2 Å². The summed E-state index contributed by atoms with van der Waals surface area (Å²) in [5, 5.41) is 0.147. The number of halogens is 2. The van der Waals surface area contributed by atoms with E-state index in [1.807, 2.05) is 0 Å². The minimum atomic E-state index is -3.76. The van der Waals surface area contributed by atoms with Gasteiger partial charge in [-0.2, -0.15) is 0 Å². The van der Waals surface area contributed by atoms with Crippen LogP contribution in [0.4, 0.5) is 5.82 Å². The van der Waals surface area contributed by atoms with Gasteiger partial charge in [-0.25, -0.2) is 18.4 Å². The van der Waals surface area contributed by atoms with Gasteiger partial charge >= 0.3 is 0 Å². The average Bonchev–Trinajstić information content (AvgIpc) is 2.38. The molecule has 0 unspecified atom stereocenters. The Labute approximate surface area is 129 Å². The van der Waals surface area contributed by atoms with Crippen molar-refractivity contribution in [3.63, 3.8) is 0 Å². The third kappa shape index (κ3) is 3.38. The normalized spacial score (nSPS) is 11.2. The number of anilines is 1. The molecule has 1 N–H and O–H groups in total. The van der Waals surface area contributed by atoms with Crippen molar-refractivity contribution in [2.75, 3.05) is 11.8 Å². The summed E-state index contributed by atoms with van der Waals surface area (Å²) in [7, 11) is -2.27. The Morgan fingerprint density at radius 1 is 1.30 bits per heavy atom. The first-order chi connectivity index (χ1) is 9.42. The van der Waals surface area contributed by atoms with Gasteiger partial charge in [0.05, 0.1) is 16.5 Å². The molecule has 0 aliphatic carbocycles. The van der Waals surface area contributed by atoms with Crippen LogP contribution in [0.1, 0.15) is 0 Å². The molecule has 1 aromatic carbocycles. The smallest absolute Gasteiger partial charge is 0.263 e. The molecule has 0 aliphatic rings. The van der Waals surface area contributed by atoms with Crippen LogP contribution in [-0.2, 0) is 10.0 Å². The van der Waals surface area contributed by atoms with Gasteiger partial charge < -0.3 is 4.74 Å². The van der Waals surface area contributed by atoms with E-state index >= 15 is 0 Å². The summed E-state index contributed by atoms with van der Waals surface area (Å²) in [6.45, 7) is 0. The maximum Gasteiger partial charge on any atom is 0.263 e.